The Labute approximate surface area is 123 Å². The fraction of sp³-hybridized carbons (Fsp3) is 0.533. The molecule has 2 amide bonds. The summed E-state index contributed by atoms with van der Waals surface area (Å²) in [6.45, 7) is 2.78. The minimum absolute atomic E-state index is 0.101. The minimum atomic E-state index is -0.101. The number of hydrogen-bond donors (Lipinski definition) is 2. The highest BCUT2D eigenvalue weighted by atomic mass is 79.9. The Morgan fingerprint density at radius 3 is 2.74 bits per heavy atom. The van der Waals surface area contributed by atoms with Crippen molar-refractivity contribution >= 4 is 27.6 Å². The van der Waals surface area contributed by atoms with E-state index in [-0.39, 0.29) is 6.03 Å². The van der Waals surface area contributed by atoms with Gasteiger partial charge in [0.1, 0.15) is 0 Å². The van der Waals surface area contributed by atoms with Crippen molar-refractivity contribution in [1.82, 2.24) is 5.32 Å². The molecular formula is C15H21BrN2O. The molecule has 104 valence electrons. The molecule has 0 aromatic heterocycles. The predicted octanol–water partition coefficient (Wildman–Crippen LogP) is 4.46. The molecule has 0 spiro atoms. The molecule has 0 heterocycles. The molecule has 1 aliphatic rings. The monoisotopic (exact) mass is 324 g/mol. The first kappa shape index (κ1) is 14.4. The third-order valence-corrected chi connectivity index (χ3v) is 4.21. The van der Waals surface area contributed by atoms with Gasteiger partial charge in [0, 0.05) is 16.7 Å². The summed E-state index contributed by atoms with van der Waals surface area (Å²) in [6, 6.07) is 5.75. The Bertz CT molecular complexity index is 442. The van der Waals surface area contributed by atoms with Crippen molar-refractivity contribution in [2.24, 2.45) is 5.92 Å². The van der Waals surface area contributed by atoms with Crippen LogP contribution in [-0.4, -0.2) is 12.6 Å². The van der Waals surface area contributed by atoms with Crippen LogP contribution in [0.25, 0.3) is 0 Å². The standard InChI is InChI=1S/C15H21BrN2O/c1-11-9-13(16)7-8-14(11)18-15(19)17-10-12-5-3-2-4-6-12/h7-9,12H,2-6,10H2,1H3,(H2,17,18,19). The van der Waals surface area contributed by atoms with Gasteiger partial charge in [0.05, 0.1) is 0 Å². The van der Waals surface area contributed by atoms with Gasteiger partial charge in [-0.3, -0.25) is 0 Å². The second-order valence-corrected chi connectivity index (χ2v) is 6.21. The van der Waals surface area contributed by atoms with Gasteiger partial charge in [-0.2, -0.15) is 0 Å². The van der Waals surface area contributed by atoms with Crippen LogP contribution in [0.1, 0.15) is 37.7 Å². The number of carbonyl (C=O) groups is 1. The van der Waals surface area contributed by atoms with Gasteiger partial charge in [0.2, 0.25) is 0 Å². The highest BCUT2D eigenvalue weighted by Gasteiger charge is 2.14. The van der Waals surface area contributed by atoms with E-state index >= 15 is 0 Å². The van der Waals surface area contributed by atoms with Gasteiger partial charge in [0.25, 0.3) is 0 Å². The minimum Gasteiger partial charge on any atom is -0.338 e. The number of carbonyl (C=O) groups excluding carboxylic acids is 1. The Hall–Kier alpha value is -1.03. The largest absolute Gasteiger partial charge is 0.338 e. The number of halogens is 1. The number of benzene rings is 1. The molecule has 1 aromatic rings. The summed E-state index contributed by atoms with van der Waals surface area (Å²) in [5.41, 5.74) is 1.92. The van der Waals surface area contributed by atoms with Crippen LogP contribution in [0.5, 0.6) is 0 Å². The summed E-state index contributed by atoms with van der Waals surface area (Å²) in [6.07, 6.45) is 6.45. The highest BCUT2D eigenvalue weighted by Crippen LogP contribution is 2.23. The van der Waals surface area contributed by atoms with Crippen LogP contribution in [0.15, 0.2) is 22.7 Å². The summed E-state index contributed by atoms with van der Waals surface area (Å²) in [7, 11) is 0. The molecule has 2 N–H and O–H groups in total. The van der Waals surface area contributed by atoms with Gasteiger partial charge in [-0.15, -0.1) is 0 Å². The fourth-order valence-corrected chi connectivity index (χ4v) is 3.04. The van der Waals surface area contributed by atoms with Crippen molar-refractivity contribution in [2.45, 2.75) is 39.0 Å². The predicted molar refractivity (Wildman–Crippen MR) is 82.5 cm³/mol. The first-order valence-corrected chi connectivity index (χ1v) is 7.75. The summed E-state index contributed by atoms with van der Waals surface area (Å²) < 4.78 is 1.03. The number of nitrogens with one attached hydrogen (secondary N) is 2. The van der Waals surface area contributed by atoms with Crippen molar-refractivity contribution in [2.75, 3.05) is 11.9 Å². The third kappa shape index (κ3) is 4.53. The first-order chi connectivity index (χ1) is 9.15. The summed E-state index contributed by atoms with van der Waals surface area (Å²) >= 11 is 3.42. The van der Waals surface area contributed by atoms with E-state index in [0.717, 1.165) is 22.3 Å². The van der Waals surface area contributed by atoms with Gasteiger partial charge in [-0.1, -0.05) is 35.2 Å². The topological polar surface area (TPSA) is 41.1 Å². The molecule has 1 saturated carbocycles. The summed E-state index contributed by atoms with van der Waals surface area (Å²) in [4.78, 5) is 11.9. The molecule has 1 aromatic carbocycles. The molecule has 0 saturated heterocycles. The van der Waals surface area contributed by atoms with Crippen LogP contribution < -0.4 is 10.6 Å². The van der Waals surface area contributed by atoms with E-state index in [1.807, 2.05) is 25.1 Å². The van der Waals surface area contributed by atoms with E-state index in [9.17, 15) is 4.79 Å². The third-order valence-electron chi connectivity index (χ3n) is 3.71. The summed E-state index contributed by atoms with van der Waals surface area (Å²) in [5.74, 6) is 0.658. The number of urea groups is 1. The highest BCUT2D eigenvalue weighted by molar-refractivity contribution is 9.10. The van der Waals surface area contributed by atoms with E-state index in [1.54, 1.807) is 0 Å². The second kappa shape index (κ2) is 6.94. The molecule has 4 heteroatoms. The molecule has 0 aliphatic heterocycles. The summed E-state index contributed by atoms with van der Waals surface area (Å²) in [5, 5.41) is 5.89. The maximum Gasteiger partial charge on any atom is 0.319 e. The van der Waals surface area contributed by atoms with Crippen molar-refractivity contribution < 1.29 is 4.79 Å². The lowest BCUT2D eigenvalue weighted by Crippen LogP contribution is -2.33. The van der Waals surface area contributed by atoms with Crippen LogP contribution in [0.4, 0.5) is 10.5 Å². The second-order valence-electron chi connectivity index (χ2n) is 5.30. The lowest BCUT2D eigenvalue weighted by Gasteiger charge is -2.21. The average Bonchev–Trinajstić information content (AvgIpc) is 2.41. The zero-order chi connectivity index (χ0) is 13.7. The number of anilines is 1. The van der Waals surface area contributed by atoms with E-state index in [2.05, 4.69) is 26.6 Å². The molecule has 1 aliphatic carbocycles. The van der Waals surface area contributed by atoms with Crippen LogP contribution in [0.3, 0.4) is 0 Å². The van der Waals surface area contributed by atoms with Gasteiger partial charge in [-0.05, 0) is 49.4 Å². The SMILES string of the molecule is Cc1cc(Br)ccc1NC(=O)NCC1CCCCC1. The van der Waals surface area contributed by atoms with E-state index in [4.69, 9.17) is 0 Å². The lowest BCUT2D eigenvalue weighted by atomic mass is 9.89. The fourth-order valence-electron chi connectivity index (χ4n) is 2.56. The number of hydrogen-bond acceptors (Lipinski definition) is 1. The number of rotatable bonds is 3. The lowest BCUT2D eigenvalue weighted by molar-refractivity contribution is 0.247. The quantitative estimate of drug-likeness (QED) is 0.846. The molecule has 0 unspecified atom stereocenters. The first-order valence-electron chi connectivity index (χ1n) is 6.96. The number of amides is 2. The van der Waals surface area contributed by atoms with Gasteiger partial charge >= 0.3 is 6.03 Å². The Morgan fingerprint density at radius 1 is 1.32 bits per heavy atom. The molecule has 2 rings (SSSR count). The van der Waals surface area contributed by atoms with Gasteiger partial charge < -0.3 is 10.6 Å². The average molecular weight is 325 g/mol. The Morgan fingerprint density at radius 2 is 2.05 bits per heavy atom. The van der Waals surface area contributed by atoms with E-state index in [0.29, 0.717) is 5.92 Å². The van der Waals surface area contributed by atoms with Crippen LogP contribution in [-0.2, 0) is 0 Å². The van der Waals surface area contributed by atoms with Crippen LogP contribution >= 0.6 is 15.9 Å². The molecule has 1 fully saturated rings. The van der Waals surface area contributed by atoms with Crippen LogP contribution in [0, 0.1) is 12.8 Å². The Balaban J connectivity index is 1.80. The van der Waals surface area contributed by atoms with Crippen molar-refractivity contribution in [3.63, 3.8) is 0 Å². The van der Waals surface area contributed by atoms with Gasteiger partial charge in [-0.25, -0.2) is 4.79 Å². The zero-order valence-electron chi connectivity index (χ0n) is 11.3. The molecule has 3 nitrogen and oxygen atoms in total. The van der Waals surface area contributed by atoms with Crippen LogP contribution in [0.2, 0.25) is 0 Å². The van der Waals surface area contributed by atoms with E-state index < -0.39 is 0 Å². The zero-order valence-corrected chi connectivity index (χ0v) is 12.9. The van der Waals surface area contributed by atoms with Gasteiger partial charge in [0.15, 0.2) is 0 Å². The smallest absolute Gasteiger partial charge is 0.319 e. The Kier molecular flexibility index (Phi) is 5.25. The molecule has 0 atom stereocenters. The van der Waals surface area contributed by atoms with Crippen molar-refractivity contribution in [3.05, 3.63) is 28.2 Å². The van der Waals surface area contributed by atoms with Crippen molar-refractivity contribution in [3.8, 4) is 0 Å². The maximum atomic E-state index is 11.9. The van der Waals surface area contributed by atoms with Crippen molar-refractivity contribution in [1.29, 1.82) is 0 Å². The maximum absolute atomic E-state index is 11.9. The normalized spacial score (nSPS) is 16.1. The van der Waals surface area contributed by atoms with E-state index in [1.165, 1.54) is 32.1 Å². The molecule has 0 radical (unpaired) electrons. The number of aryl methyl sites for hydroxylation is 1. The molecule has 19 heavy (non-hydrogen) atoms. The molecular weight excluding hydrogens is 304 g/mol. The molecule has 0 bridgehead atoms.